The fraction of sp³-hybridized carbons (Fsp3) is 0.571. The number of ether oxygens (including phenoxy) is 1. The zero-order chi connectivity index (χ0) is 16.2. The third-order valence-electron chi connectivity index (χ3n) is 3.47. The van der Waals surface area contributed by atoms with E-state index >= 15 is 0 Å². The minimum Gasteiger partial charge on any atom is -0.467 e. The second-order valence-corrected chi connectivity index (χ2v) is 5.22. The molecule has 24 heavy (non-hydrogen) atoms. The molecule has 2 heterocycles. The number of piperidine rings is 1. The number of aromatic nitrogens is 1. The maximum atomic E-state index is 12.3. The Hall–Kier alpha value is -1.25. The number of pyridine rings is 1. The summed E-state index contributed by atoms with van der Waals surface area (Å²) in [6.07, 6.45) is -1.45. The first kappa shape index (κ1) is 22.8. The topological polar surface area (TPSA) is 63.2 Å². The molecule has 0 aromatic carbocycles. The smallest absolute Gasteiger partial charge is 0.422 e. The van der Waals surface area contributed by atoms with Gasteiger partial charge in [0.15, 0.2) is 6.61 Å². The zero-order valence-corrected chi connectivity index (χ0v) is 14.6. The Morgan fingerprint density at radius 1 is 1.46 bits per heavy atom. The number of carbonyl (C=O) groups excluding carboxylic acids is 1. The Labute approximate surface area is 150 Å². The molecule has 0 spiro atoms. The van der Waals surface area contributed by atoms with Crippen LogP contribution in [0.1, 0.15) is 30.1 Å². The quantitative estimate of drug-likeness (QED) is 0.830. The van der Waals surface area contributed by atoms with Crippen LogP contribution in [0.25, 0.3) is 0 Å². The Bertz CT molecular complexity index is 532. The van der Waals surface area contributed by atoms with E-state index in [4.69, 9.17) is 0 Å². The van der Waals surface area contributed by atoms with E-state index < -0.39 is 18.7 Å². The van der Waals surface area contributed by atoms with Crippen LogP contribution < -0.4 is 15.4 Å². The predicted molar refractivity (Wildman–Crippen MR) is 88.2 cm³/mol. The molecule has 5 nitrogen and oxygen atoms in total. The number of rotatable bonds is 4. The van der Waals surface area contributed by atoms with Crippen LogP contribution in [0.15, 0.2) is 18.3 Å². The van der Waals surface area contributed by atoms with Crippen molar-refractivity contribution < 1.29 is 22.7 Å². The summed E-state index contributed by atoms with van der Waals surface area (Å²) in [5.41, 5.74) is 0.00419. The molecule has 0 saturated carbocycles. The molecule has 1 aromatic heterocycles. The molecule has 1 fully saturated rings. The van der Waals surface area contributed by atoms with Crippen LogP contribution in [-0.4, -0.2) is 42.3 Å². The number of hydrogen-bond acceptors (Lipinski definition) is 4. The van der Waals surface area contributed by atoms with E-state index in [1.54, 1.807) is 0 Å². The summed E-state index contributed by atoms with van der Waals surface area (Å²) >= 11 is 0. The van der Waals surface area contributed by atoms with Gasteiger partial charge in [-0.15, -0.1) is 24.8 Å². The summed E-state index contributed by atoms with van der Waals surface area (Å²) in [6.45, 7) is 1.36. The molecule has 1 saturated heterocycles. The van der Waals surface area contributed by atoms with Crippen molar-refractivity contribution in [1.29, 1.82) is 0 Å². The minimum absolute atomic E-state index is 0. The van der Waals surface area contributed by atoms with E-state index in [0.29, 0.717) is 0 Å². The molecule has 1 aliphatic rings. The average molecular weight is 390 g/mol. The van der Waals surface area contributed by atoms with Gasteiger partial charge in [0.05, 0.1) is 0 Å². The Kier molecular flexibility index (Phi) is 9.39. The second kappa shape index (κ2) is 9.90. The SMILES string of the molecule is CC1NCCCC1NC(=O)c1cccnc1OCC(F)(F)F.Cl.Cl. The molecule has 1 aliphatic heterocycles. The summed E-state index contributed by atoms with van der Waals surface area (Å²) in [7, 11) is 0. The van der Waals surface area contributed by atoms with E-state index in [1.807, 2.05) is 6.92 Å². The van der Waals surface area contributed by atoms with Gasteiger partial charge in [-0.2, -0.15) is 13.2 Å². The predicted octanol–water partition coefficient (Wildman–Crippen LogP) is 2.74. The van der Waals surface area contributed by atoms with Crippen LogP contribution in [0, 0.1) is 0 Å². The van der Waals surface area contributed by atoms with Gasteiger partial charge in [0, 0.05) is 18.3 Å². The van der Waals surface area contributed by atoms with Gasteiger partial charge in [-0.05, 0) is 38.4 Å². The molecule has 0 aliphatic carbocycles. The van der Waals surface area contributed by atoms with Crippen molar-refractivity contribution >= 4 is 30.7 Å². The lowest BCUT2D eigenvalue weighted by atomic mass is 9.99. The van der Waals surface area contributed by atoms with Gasteiger partial charge in [0.25, 0.3) is 5.91 Å². The van der Waals surface area contributed by atoms with Crippen LogP contribution in [0.2, 0.25) is 0 Å². The Morgan fingerprint density at radius 3 is 2.79 bits per heavy atom. The van der Waals surface area contributed by atoms with Crippen molar-refractivity contribution in [2.24, 2.45) is 0 Å². The van der Waals surface area contributed by atoms with E-state index in [-0.39, 0.29) is 48.3 Å². The fourth-order valence-corrected chi connectivity index (χ4v) is 2.32. The minimum atomic E-state index is -4.48. The fourth-order valence-electron chi connectivity index (χ4n) is 2.32. The van der Waals surface area contributed by atoms with Crippen LogP contribution in [0.3, 0.4) is 0 Å². The monoisotopic (exact) mass is 389 g/mol. The first-order chi connectivity index (χ1) is 10.4. The van der Waals surface area contributed by atoms with Gasteiger partial charge >= 0.3 is 6.18 Å². The second-order valence-electron chi connectivity index (χ2n) is 5.22. The number of nitrogens with zero attached hydrogens (tertiary/aromatic N) is 1. The van der Waals surface area contributed by atoms with Crippen molar-refractivity contribution in [1.82, 2.24) is 15.6 Å². The highest BCUT2D eigenvalue weighted by atomic mass is 35.5. The molecule has 138 valence electrons. The average Bonchev–Trinajstić information content (AvgIpc) is 2.47. The van der Waals surface area contributed by atoms with E-state index in [9.17, 15) is 18.0 Å². The summed E-state index contributed by atoms with van der Waals surface area (Å²) in [4.78, 5) is 16.0. The Morgan fingerprint density at radius 2 is 2.17 bits per heavy atom. The highest BCUT2D eigenvalue weighted by Crippen LogP contribution is 2.20. The Balaban J connectivity index is 0.00000264. The number of amides is 1. The van der Waals surface area contributed by atoms with E-state index in [1.165, 1.54) is 18.3 Å². The van der Waals surface area contributed by atoms with Gasteiger partial charge in [-0.3, -0.25) is 4.79 Å². The molecule has 2 rings (SSSR count). The highest BCUT2D eigenvalue weighted by Gasteiger charge is 2.30. The van der Waals surface area contributed by atoms with Crippen molar-refractivity contribution in [3.05, 3.63) is 23.9 Å². The largest absolute Gasteiger partial charge is 0.467 e. The van der Waals surface area contributed by atoms with Gasteiger partial charge < -0.3 is 15.4 Å². The zero-order valence-electron chi connectivity index (χ0n) is 12.9. The van der Waals surface area contributed by atoms with Crippen LogP contribution >= 0.6 is 24.8 Å². The summed E-state index contributed by atoms with van der Waals surface area (Å²) in [6, 6.07) is 2.92. The van der Waals surface area contributed by atoms with E-state index in [0.717, 1.165) is 19.4 Å². The number of hydrogen-bond donors (Lipinski definition) is 2. The van der Waals surface area contributed by atoms with Crippen molar-refractivity contribution in [2.45, 2.75) is 38.0 Å². The number of alkyl halides is 3. The van der Waals surface area contributed by atoms with Crippen LogP contribution in [-0.2, 0) is 0 Å². The summed E-state index contributed by atoms with van der Waals surface area (Å²) < 4.78 is 41.3. The standard InChI is InChI=1S/C14H18F3N3O2.2ClH/c1-9-11(5-3-6-18-9)20-12(21)10-4-2-7-19-13(10)22-8-14(15,16)17;;/h2,4,7,9,11,18H,3,5-6,8H2,1H3,(H,20,21);2*1H. The van der Waals surface area contributed by atoms with Gasteiger partial charge in [0.2, 0.25) is 5.88 Å². The lowest BCUT2D eigenvalue weighted by Gasteiger charge is -2.30. The van der Waals surface area contributed by atoms with Gasteiger partial charge in [-0.1, -0.05) is 0 Å². The molecular weight excluding hydrogens is 370 g/mol. The molecule has 10 heteroatoms. The lowest BCUT2D eigenvalue weighted by Crippen LogP contribution is -2.51. The molecule has 2 atom stereocenters. The molecule has 1 aromatic rings. The molecule has 2 unspecified atom stereocenters. The molecule has 2 N–H and O–H groups in total. The summed E-state index contributed by atoms with van der Waals surface area (Å²) in [5.74, 6) is -0.792. The van der Waals surface area contributed by atoms with E-state index in [2.05, 4.69) is 20.4 Å². The highest BCUT2D eigenvalue weighted by molar-refractivity contribution is 5.96. The molecular formula is C14H20Cl2F3N3O2. The van der Waals surface area contributed by atoms with Crippen molar-refractivity contribution in [2.75, 3.05) is 13.2 Å². The van der Waals surface area contributed by atoms with Crippen molar-refractivity contribution in [3.63, 3.8) is 0 Å². The van der Waals surface area contributed by atoms with Crippen LogP contribution in [0.4, 0.5) is 13.2 Å². The molecule has 0 radical (unpaired) electrons. The third-order valence-corrected chi connectivity index (χ3v) is 3.47. The lowest BCUT2D eigenvalue weighted by molar-refractivity contribution is -0.154. The van der Waals surface area contributed by atoms with Crippen LogP contribution in [0.5, 0.6) is 5.88 Å². The first-order valence-corrected chi connectivity index (χ1v) is 7.05. The van der Waals surface area contributed by atoms with Crippen molar-refractivity contribution in [3.8, 4) is 5.88 Å². The summed E-state index contributed by atoms with van der Waals surface area (Å²) in [5, 5.41) is 6.06. The normalized spacial score (nSPS) is 20.3. The molecule has 0 bridgehead atoms. The number of carbonyl (C=O) groups is 1. The first-order valence-electron chi connectivity index (χ1n) is 7.05. The maximum Gasteiger partial charge on any atom is 0.422 e. The molecule has 1 amide bonds. The maximum absolute atomic E-state index is 12.3. The number of halogens is 5. The number of nitrogens with one attached hydrogen (secondary N) is 2. The van der Waals surface area contributed by atoms with Gasteiger partial charge in [0.1, 0.15) is 5.56 Å². The third kappa shape index (κ3) is 6.70. The van der Waals surface area contributed by atoms with Gasteiger partial charge in [-0.25, -0.2) is 4.98 Å².